The lowest BCUT2D eigenvalue weighted by Gasteiger charge is -2.24. The Bertz CT molecular complexity index is 2080. The Morgan fingerprint density at radius 1 is 0.276 bits per heavy atom. The van der Waals surface area contributed by atoms with Gasteiger partial charge in [-0.2, -0.15) is 0 Å². The first-order valence-corrected chi connectivity index (χ1v) is 20.6. The molecule has 5 rings (SSSR count). The van der Waals surface area contributed by atoms with E-state index in [0.717, 1.165) is 50.1 Å². The van der Waals surface area contributed by atoms with Gasteiger partial charge in [0.05, 0.1) is 0 Å². The van der Waals surface area contributed by atoms with Gasteiger partial charge >= 0.3 is 0 Å². The molecule has 0 bridgehead atoms. The Labute approximate surface area is 349 Å². The van der Waals surface area contributed by atoms with Gasteiger partial charge in [0, 0.05) is 19.3 Å². The van der Waals surface area contributed by atoms with Crippen molar-refractivity contribution in [2.45, 2.75) is 150 Å². The summed E-state index contributed by atoms with van der Waals surface area (Å²) in [6, 6.07) is 27.1. The van der Waals surface area contributed by atoms with Crippen LogP contribution in [0.5, 0.6) is 28.7 Å². The van der Waals surface area contributed by atoms with Crippen molar-refractivity contribution in [2.75, 3.05) is 0 Å². The third-order valence-corrected chi connectivity index (χ3v) is 11.1. The van der Waals surface area contributed by atoms with Crippen molar-refractivity contribution in [2.24, 2.45) is 0 Å². The Balaban J connectivity index is 0.000000280. The molecule has 0 amide bonds. The average molecular weight is 787 g/mol. The molecular weight excluding hydrogens is 717 g/mol. The van der Waals surface area contributed by atoms with Crippen LogP contribution in [-0.2, 0) is 46.3 Å². The molecule has 0 aliphatic heterocycles. The van der Waals surface area contributed by atoms with E-state index in [1.165, 1.54) is 11.1 Å². The first-order chi connectivity index (χ1) is 26.4. The molecule has 0 fully saturated rings. The summed E-state index contributed by atoms with van der Waals surface area (Å²) in [6.45, 7) is 32.3. The summed E-state index contributed by atoms with van der Waals surface area (Å²) in [5, 5.41) is 53.0. The second-order valence-electron chi connectivity index (χ2n) is 21.3. The van der Waals surface area contributed by atoms with Crippen molar-refractivity contribution < 1.29 is 25.5 Å². The summed E-state index contributed by atoms with van der Waals surface area (Å²) in [7, 11) is 0. The second kappa shape index (κ2) is 16.8. The molecule has 312 valence electrons. The zero-order valence-corrected chi connectivity index (χ0v) is 37.9. The maximum atomic E-state index is 11.4. The number of aromatic hydroxyl groups is 5. The van der Waals surface area contributed by atoms with Crippen LogP contribution in [0.4, 0.5) is 0 Å². The second-order valence-corrected chi connectivity index (χ2v) is 21.3. The van der Waals surface area contributed by atoms with Crippen LogP contribution in [0, 0.1) is 0 Å². The Hall–Kier alpha value is -4.90. The van der Waals surface area contributed by atoms with E-state index in [1.807, 2.05) is 60.7 Å². The smallest absolute Gasteiger partial charge is 0.122 e. The van der Waals surface area contributed by atoms with Crippen molar-refractivity contribution in [3.8, 4) is 28.7 Å². The van der Waals surface area contributed by atoms with Crippen molar-refractivity contribution in [1.29, 1.82) is 0 Å². The number of benzene rings is 5. The van der Waals surface area contributed by atoms with Gasteiger partial charge in [-0.1, -0.05) is 165 Å². The van der Waals surface area contributed by atoms with Gasteiger partial charge in [-0.25, -0.2) is 0 Å². The molecule has 0 unspecified atom stereocenters. The van der Waals surface area contributed by atoms with Crippen LogP contribution in [0.2, 0.25) is 0 Å². The van der Waals surface area contributed by atoms with E-state index in [2.05, 4.69) is 104 Å². The zero-order valence-electron chi connectivity index (χ0n) is 37.9. The van der Waals surface area contributed by atoms with Crippen molar-refractivity contribution >= 4 is 0 Å². The minimum atomic E-state index is -0.123. The van der Waals surface area contributed by atoms with Crippen molar-refractivity contribution in [1.82, 2.24) is 0 Å². The van der Waals surface area contributed by atoms with Crippen LogP contribution in [0.3, 0.4) is 0 Å². The van der Waals surface area contributed by atoms with Crippen molar-refractivity contribution in [3.05, 3.63) is 146 Å². The van der Waals surface area contributed by atoms with Crippen LogP contribution >= 0.6 is 0 Å². The summed E-state index contributed by atoms with van der Waals surface area (Å²) in [6.07, 6.45) is 1.37. The lowest BCUT2D eigenvalue weighted by atomic mass is 9.81. The molecule has 0 radical (unpaired) electrons. The van der Waals surface area contributed by atoms with Gasteiger partial charge in [-0.05, 0) is 113 Å². The van der Waals surface area contributed by atoms with E-state index in [4.69, 9.17) is 0 Å². The van der Waals surface area contributed by atoms with Gasteiger partial charge in [0.1, 0.15) is 28.7 Å². The predicted octanol–water partition coefficient (Wildman–Crippen LogP) is 13.2. The predicted molar refractivity (Wildman–Crippen MR) is 242 cm³/mol. The largest absolute Gasteiger partial charge is 0.508 e. The molecule has 5 nitrogen and oxygen atoms in total. The fourth-order valence-corrected chi connectivity index (χ4v) is 6.85. The molecule has 5 aromatic carbocycles. The number of rotatable bonds is 6. The van der Waals surface area contributed by atoms with Gasteiger partial charge in [0.25, 0.3) is 0 Å². The SMILES string of the molecule is CC(C)(C)c1ccc(O)c(Cc2cc(C(C)(C)C)cc(Cc3cc(C(C)(C)C)ccc3O)c2O)c1.CC(C)(C)c1ccc(O)c(Cc2cc(C(C)(C)C)ccc2O)c1. The maximum absolute atomic E-state index is 11.4. The van der Waals surface area contributed by atoms with E-state index in [9.17, 15) is 25.5 Å². The van der Waals surface area contributed by atoms with Crippen LogP contribution in [0.25, 0.3) is 0 Å². The standard InChI is InChI=1S/C32H42O3.C21H28O2/c1-30(2,3)24-10-12-27(33)20(16-24)14-22-18-26(32(7,8)9)19-23(29(22)35)15-21-17-25(31(4,5)6)11-13-28(21)34;1-20(2,3)16-7-9-18(22)14(12-16)11-15-13-17(21(4,5)6)8-10-19(15)23/h10-13,16-19,33-35H,14-15H2,1-9H3;7-10,12-13,22-23H,11H2,1-6H3. The first kappa shape index (κ1) is 45.8. The van der Waals surface area contributed by atoms with Gasteiger partial charge in [0.2, 0.25) is 0 Å². The number of hydrogen-bond acceptors (Lipinski definition) is 5. The van der Waals surface area contributed by atoms with Crippen LogP contribution < -0.4 is 0 Å². The summed E-state index contributed by atoms with van der Waals surface area (Å²) >= 11 is 0. The van der Waals surface area contributed by atoms with Crippen molar-refractivity contribution in [3.63, 3.8) is 0 Å². The first-order valence-electron chi connectivity index (χ1n) is 20.6. The normalized spacial score (nSPS) is 12.6. The molecule has 58 heavy (non-hydrogen) atoms. The molecular formula is C53H70O5. The lowest BCUT2D eigenvalue weighted by Crippen LogP contribution is -2.14. The molecule has 5 aromatic rings. The average Bonchev–Trinajstić information content (AvgIpc) is 3.08. The zero-order chi connectivity index (χ0) is 43.8. The summed E-state index contributed by atoms with van der Waals surface area (Å²) in [4.78, 5) is 0. The number of hydrogen-bond donors (Lipinski definition) is 5. The highest BCUT2D eigenvalue weighted by atomic mass is 16.3. The maximum Gasteiger partial charge on any atom is 0.122 e. The summed E-state index contributed by atoms with van der Waals surface area (Å²) < 4.78 is 0. The highest BCUT2D eigenvalue weighted by Crippen LogP contribution is 2.38. The van der Waals surface area contributed by atoms with Gasteiger partial charge in [0.15, 0.2) is 0 Å². The number of phenols is 5. The molecule has 0 aliphatic rings. The van der Waals surface area contributed by atoms with E-state index in [0.29, 0.717) is 19.3 Å². The Kier molecular flexibility index (Phi) is 13.2. The van der Waals surface area contributed by atoms with Crippen LogP contribution in [-0.4, -0.2) is 25.5 Å². The van der Waals surface area contributed by atoms with E-state index in [1.54, 1.807) is 24.3 Å². The van der Waals surface area contributed by atoms with Crippen LogP contribution in [0.1, 0.15) is 165 Å². The molecule has 0 aliphatic carbocycles. The summed E-state index contributed by atoms with van der Waals surface area (Å²) in [5.74, 6) is 1.24. The minimum absolute atomic E-state index is 0.0255. The highest BCUT2D eigenvalue weighted by Gasteiger charge is 2.23. The quantitative estimate of drug-likeness (QED) is 0.118. The molecule has 0 spiro atoms. The van der Waals surface area contributed by atoms with Gasteiger partial charge < -0.3 is 25.5 Å². The van der Waals surface area contributed by atoms with Gasteiger partial charge in [-0.15, -0.1) is 0 Å². The number of phenolic OH excluding ortho intramolecular Hbond substituents is 5. The third kappa shape index (κ3) is 11.6. The van der Waals surface area contributed by atoms with E-state index >= 15 is 0 Å². The molecule has 0 atom stereocenters. The fourth-order valence-electron chi connectivity index (χ4n) is 6.85. The fraction of sp³-hybridized carbons (Fsp3) is 0.434. The molecule has 5 heteroatoms. The Morgan fingerprint density at radius 2 is 0.466 bits per heavy atom. The minimum Gasteiger partial charge on any atom is -0.508 e. The molecule has 0 heterocycles. The molecule has 5 N–H and O–H groups in total. The molecule has 0 saturated heterocycles. The van der Waals surface area contributed by atoms with Crippen LogP contribution in [0.15, 0.2) is 84.9 Å². The van der Waals surface area contributed by atoms with E-state index < -0.39 is 0 Å². The monoisotopic (exact) mass is 787 g/mol. The Morgan fingerprint density at radius 3 is 0.672 bits per heavy atom. The summed E-state index contributed by atoms with van der Waals surface area (Å²) in [5.41, 5.74) is 10.4. The lowest BCUT2D eigenvalue weighted by molar-refractivity contribution is 0.454. The molecule has 0 saturated carbocycles. The third-order valence-electron chi connectivity index (χ3n) is 11.1. The highest BCUT2D eigenvalue weighted by molar-refractivity contribution is 5.53. The van der Waals surface area contributed by atoms with Gasteiger partial charge in [-0.3, -0.25) is 0 Å². The van der Waals surface area contributed by atoms with E-state index in [-0.39, 0.29) is 55.8 Å². The molecule has 0 aromatic heterocycles. The topological polar surface area (TPSA) is 101 Å².